The Labute approximate surface area is 96.1 Å². The van der Waals surface area contributed by atoms with Crippen molar-refractivity contribution in [1.29, 1.82) is 0 Å². The van der Waals surface area contributed by atoms with E-state index in [1.165, 1.54) is 0 Å². The lowest BCUT2D eigenvalue weighted by Crippen LogP contribution is -2.13. The molecule has 0 aliphatic carbocycles. The first-order chi connectivity index (χ1) is 7.00. The van der Waals surface area contributed by atoms with Gasteiger partial charge in [-0.25, -0.2) is 4.79 Å². The van der Waals surface area contributed by atoms with Gasteiger partial charge in [0, 0.05) is 16.6 Å². The van der Waals surface area contributed by atoms with Gasteiger partial charge in [-0.2, -0.15) is 0 Å². The fraction of sp³-hybridized carbons (Fsp3) is 0.300. The molecule has 5 heteroatoms. The van der Waals surface area contributed by atoms with Crippen LogP contribution in [0.15, 0.2) is 21.5 Å². The summed E-state index contributed by atoms with van der Waals surface area (Å²) in [6.45, 7) is 6.47. The molecule has 0 unspecified atom stereocenters. The predicted octanol–water partition coefficient (Wildman–Crippen LogP) is 2.28. The van der Waals surface area contributed by atoms with Gasteiger partial charge in [-0.1, -0.05) is 22.5 Å². The molecule has 0 spiro atoms. The highest BCUT2D eigenvalue weighted by molar-refractivity contribution is 9.11. The molecule has 0 bridgehead atoms. The van der Waals surface area contributed by atoms with E-state index in [-0.39, 0.29) is 5.76 Å². The molecule has 82 valence electrons. The van der Waals surface area contributed by atoms with Gasteiger partial charge in [-0.05, 0) is 13.0 Å². The highest BCUT2D eigenvalue weighted by Crippen LogP contribution is 2.14. The van der Waals surface area contributed by atoms with Crippen LogP contribution in [0.2, 0.25) is 0 Å². The maximum absolute atomic E-state index is 10.7. The molecule has 0 fully saturated rings. The number of furan rings is 1. The molecular weight excluding hydrogens is 262 g/mol. The van der Waals surface area contributed by atoms with Crippen LogP contribution in [0.1, 0.15) is 21.9 Å². The molecule has 0 atom stereocenters. The van der Waals surface area contributed by atoms with Gasteiger partial charge < -0.3 is 14.8 Å². The van der Waals surface area contributed by atoms with Crippen LogP contribution in [-0.2, 0) is 6.54 Å². The summed E-state index contributed by atoms with van der Waals surface area (Å²) in [5.41, 5.74) is 0.636. The molecule has 15 heavy (non-hydrogen) atoms. The van der Waals surface area contributed by atoms with Crippen LogP contribution in [0.4, 0.5) is 0 Å². The highest BCUT2D eigenvalue weighted by atomic mass is 79.9. The SMILES string of the molecule is C=C(Br)CNCc1cc(C)c(C(=O)O)o1. The van der Waals surface area contributed by atoms with Crippen LogP contribution >= 0.6 is 15.9 Å². The fourth-order valence-electron chi connectivity index (χ4n) is 1.17. The van der Waals surface area contributed by atoms with Gasteiger partial charge in [0.1, 0.15) is 5.76 Å². The lowest BCUT2D eigenvalue weighted by atomic mass is 10.2. The van der Waals surface area contributed by atoms with Crippen LogP contribution in [0.25, 0.3) is 0 Å². The summed E-state index contributed by atoms with van der Waals surface area (Å²) in [7, 11) is 0. The number of aryl methyl sites for hydroxylation is 1. The molecule has 0 aliphatic heterocycles. The van der Waals surface area contributed by atoms with E-state index < -0.39 is 5.97 Å². The molecule has 0 saturated carbocycles. The van der Waals surface area contributed by atoms with Crippen molar-refractivity contribution in [1.82, 2.24) is 5.32 Å². The van der Waals surface area contributed by atoms with Crippen molar-refractivity contribution in [2.75, 3.05) is 6.54 Å². The predicted molar refractivity (Wildman–Crippen MR) is 60.2 cm³/mol. The van der Waals surface area contributed by atoms with Gasteiger partial charge >= 0.3 is 5.97 Å². The van der Waals surface area contributed by atoms with Crippen molar-refractivity contribution >= 4 is 21.9 Å². The third kappa shape index (κ3) is 3.53. The number of carbonyl (C=O) groups is 1. The molecular formula is C10H12BrNO3. The third-order valence-corrected chi connectivity index (χ3v) is 2.06. The summed E-state index contributed by atoms with van der Waals surface area (Å²) in [5, 5.41) is 11.8. The Kier molecular flexibility index (Phi) is 4.11. The molecule has 0 amide bonds. The van der Waals surface area contributed by atoms with Crippen molar-refractivity contribution in [3.8, 4) is 0 Å². The Morgan fingerprint density at radius 1 is 1.73 bits per heavy atom. The molecule has 1 aromatic rings. The minimum Gasteiger partial charge on any atom is -0.475 e. The topological polar surface area (TPSA) is 62.5 Å². The van der Waals surface area contributed by atoms with E-state index in [0.717, 1.165) is 4.48 Å². The Hall–Kier alpha value is -1.07. The summed E-state index contributed by atoms with van der Waals surface area (Å²) >= 11 is 3.21. The molecule has 1 aromatic heterocycles. The second kappa shape index (κ2) is 5.14. The van der Waals surface area contributed by atoms with Crippen LogP contribution in [-0.4, -0.2) is 17.6 Å². The van der Waals surface area contributed by atoms with Crippen molar-refractivity contribution in [2.45, 2.75) is 13.5 Å². The molecule has 0 radical (unpaired) electrons. The molecule has 1 heterocycles. The standard InChI is InChI=1S/C10H12BrNO3/c1-6-3-8(5-12-4-7(2)11)15-9(6)10(13)14/h3,12H,2,4-5H2,1H3,(H,13,14). The summed E-state index contributed by atoms with van der Waals surface area (Å²) < 4.78 is 5.99. The molecule has 0 aromatic carbocycles. The van der Waals surface area contributed by atoms with Crippen molar-refractivity contribution < 1.29 is 14.3 Å². The van der Waals surface area contributed by atoms with E-state index in [0.29, 0.717) is 24.4 Å². The number of hydrogen-bond acceptors (Lipinski definition) is 3. The Morgan fingerprint density at radius 2 is 2.40 bits per heavy atom. The minimum atomic E-state index is -1.04. The lowest BCUT2D eigenvalue weighted by Gasteiger charge is -1.99. The van der Waals surface area contributed by atoms with Gasteiger partial charge in [-0.15, -0.1) is 0 Å². The zero-order chi connectivity index (χ0) is 11.4. The van der Waals surface area contributed by atoms with E-state index >= 15 is 0 Å². The van der Waals surface area contributed by atoms with E-state index in [1.54, 1.807) is 13.0 Å². The van der Waals surface area contributed by atoms with E-state index in [4.69, 9.17) is 9.52 Å². The second-order valence-electron chi connectivity index (χ2n) is 3.15. The lowest BCUT2D eigenvalue weighted by molar-refractivity contribution is 0.0659. The average Bonchev–Trinajstić information content (AvgIpc) is 2.46. The monoisotopic (exact) mass is 273 g/mol. The first-order valence-electron chi connectivity index (χ1n) is 4.37. The summed E-state index contributed by atoms with van der Waals surface area (Å²) in [5.74, 6) is -0.424. The van der Waals surface area contributed by atoms with Gasteiger partial charge in [0.25, 0.3) is 0 Å². The summed E-state index contributed by atoms with van der Waals surface area (Å²) in [6, 6.07) is 1.72. The van der Waals surface area contributed by atoms with Crippen LogP contribution in [0.3, 0.4) is 0 Å². The van der Waals surface area contributed by atoms with Crippen molar-refractivity contribution in [3.63, 3.8) is 0 Å². The van der Waals surface area contributed by atoms with Crippen LogP contribution < -0.4 is 5.32 Å². The maximum Gasteiger partial charge on any atom is 0.372 e. The summed E-state index contributed by atoms with van der Waals surface area (Å²) in [6.07, 6.45) is 0. The van der Waals surface area contributed by atoms with Gasteiger partial charge in [0.2, 0.25) is 5.76 Å². The van der Waals surface area contributed by atoms with Gasteiger partial charge in [-0.3, -0.25) is 0 Å². The Bertz CT molecular complexity index is 384. The van der Waals surface area contributed by atoms with E-state index in [2.05, 4.69) is 27.8 Å². The Morgan fingerprint density at radius 3 is 2.87 bits per heavy atom. The van der Waals surface area contributed by atoms with Crippen LogP contribution in [0, 0.1) is 6.92 Å². The highest BCUT2D eigenvalue weighted by Gasteiger charge is 2.13. The Balaban J connectivity index is 2.59. The number of halogens is 1. The number of carboxylic acids is 1. The smallest absolute Gasteiger partial charge is 0.372 e. The van der Waals surface area contributed by atoms with Crippen LogP contribution in [0.5, 0.6) is 0 Å². The molecule has 1 rings (SSSR count). The largest absolute Gasteiger partial charge is 0.475 e. The van der Waals surface area contributed by atoms with Gasteiger partial charge in [0.15, 0.2) is 0 Å². The third-order valence-electron chi connectivity index (χ3n) is 1.78. The molecule has 0 aliphatic rings. The number of aromatic carboxylic acids is 1. The quantitative estimate of drug-likeness (QED) is 0.864. The number of carboxylic acid groups (broad SMARTS) is 1. The minimum absolute atomic E-state index is 0.00414. The normalized spacial score (nSPS) is 10.3. The first kappa shape index (κ1) is 12.0. The zero-order valence-corrected chi connectivity index (χ0v) is 9.93. The van der Waals surface area contributed by atoms with E-state index in [9.17, 15) is 4.79 Å². The second-order valence-corrected chi connectivity index (χ2v) is 4.27. The van der Waals surface area contributed by atoms with Crippen molar-refractivity contribution in [3.05, 3.63) is 34.2 Å². The van der Waals surface area contributed by atoms with Crippen molar-refractivity contribution in [2.24, 2.45) is 0 Å². The maximum atomic E-state index is 10.7. The zero-order valence-electron chi connectivity index (χ0n) is 8.34. The summed E-state index contributed by atoms with van der Waals surface area (Å²) in [4.78, 5) is 10.7. The van der Waals surface area contributed by atoms with E-state index in [1.807, 2.05) is 0 Å². The number of rotatable bonds is 5. The molecule has 0 saturated heterocycles. The average molecular weight is 274 g/mol. The number of nitrogens with one attached hydrogen (secondary N) is 1. The molecule has 2 N–H and O–H groups in total. The first-order valence-corrected chi connectivity index (χ1v) is 5.16. The molecule has 4 nitrogen and oxygen atoms in total. The van der Waals surface area contributed by atoms with Gasteiger partial charge in [0.05, 0.1) is 6.54 Å². The fourth-order valence-corrected chi connectivity index (χ4v) is 1.37. The number of hydrogen-bond donors (Lipinski definition) is 2.